The minimum Gasteiger partial charge on any atom is -0.484 e. The van der Waals surface area contributed by atoms with Crippen LogP contribution in [0.5, 0.6) is 5.75 Å². The molecule has 110 valence electrons. The number of ether oxygens (including phenoxy) is 1. The second kappa shape index (κ2) is 7.24. The molecule has 1 amide bonds. The molecule has 0 spiro atoms. The van der Waals surface area contributed by atoms with Crippen molar-refractivity contribution in [1.82, 2.24) is 0 Å². The molecule has 2 aromatic rings. The highest BCUT2D eigenvalue weighted by Gasteiger charge is 2.06. The summed E-state index contributed by atoms with van der Waals surface area (Å²) >= 11 is 3.33. The minimum absolute atomic E-state index is 0.0840. The van der Waals surface area contributed by atoms with Gasteiger partial charge in [-0.05, 0) is 48.9 Å². The number of halogens is 1. The highest BCUT2D eigenvalue weighted by atomic mass is 79.9. The van der Waals surface area contributed by atoms with E-state index in [1.54, 1.807) is 43.3 Å². The van der Waals surface area contributed by atoms with Crippen molar-refractivity contribution in [2.75, 3.05) is 11.9 Å². The molecule has 4 nitrogen and oxygen atoms in total. The van der Waals surface area contributed by atoms with Crippen LogP contribution in [-0.4, -0.2) is 17.6 Å². The zero-order valence-electron chi connectivity index (χ0n) is 11.5. The Morgan fingerprint density at radius 3 is 2.67 bits per heavy atom. The summed E-state index contributed by atoms with van der Waals surface area (Å²) in [5.41, 5.74) is 1.46. The van der Waals surface area contributed by atoms with E-state index in [1.807, 2.05) is 12.1 Å². The van der Waals surface area contributed by atoms with E-state index >= 15 is 0 Å². The third-order valence-electron chi connectivity index (χ3n) is 2.84. The van der Waals surface area contributed by atoms with Gasteiger partial charge in [0.15, 0.2) is 6.61 Å². The van der Waals surface area contributed by atoms with Crippen LogP contribution in [0, 0.1) is 0 Å². The number of anilines is 1. The number of amides is 1. The quantitative estimate of drug-likeness (QED) is 0.868. The van der Waals surface area contributed by atoms with Crippen molar-refractivity contribution in [2.45, 2.75) is 13.0 Å². The Morgan fingerprint density at radius 2 is 2.00 bits per heavy atom. The van der Waals surface area contributed by atoms with Crippen LogP contribution in [0.2, 0.25) is 0 Å². The normalized spacial score (nSPS) is 11.8. The Kier molecular flexibility index (Phi) is 5.36. The third-order valence-corrected chi connectivity index (χ3v) is 3.37. The molecule has 5 heteroatoms. The van der Waals surface area contributed by atoms with Gasteiger partial charge in [-0.15, -0.1) is 0 Å². The Bertz CT molecular complexity index is 611. The summed E-state index contributed by atoms with van der Waals surface area (Å²) in [4.78, 5) is 11.8. The van der Waals surface area contributed by atoms with E-state index in [4.69, 9.17) is 4.74 Å². The van der Waals surface area contributed by atoms with E-state index in [2.05, 4.69) is 21.2 Å². The number of hydrogen-bond acceptors (Lipinski definition) is 3. The smallest absolute Gasteiger partial charge is 0.262 e. The lowest BCUT2D eigenvalue weighted by Gasteiger charge is -2.10. The van der Waals surface area contributed by atoms with Crippen LogP contribution in [0.4, 0.5) is 5.69 Å². The molecule has 21 heavy (non-hydrogen) atoms. The predicted molar refractivity (Wildman–Crippen MR) is 85.3 cm³/mol. The number of hydrogen-bond donors (Lipinski definition) is 2. The molecule has 0 aliphatic heterocycles. The van der Waals surface area contributed by atoms with Gasteiger partial charge in [-0.1, -0.05) is 28.1 Å². The minimum atomic E-state index is -0.565. The fraction of sp³-hybridized carbons (Fsp3) is 0.188. The van der Waals surface area contributed by atoms with Crippen LogP contribution in [0.3, 0.4) is 0 Å². The van der Waals surface area contributed by atoms with Gasteiger partial charge in [0.2, 0.25) is 0 Å². The van der Waals surface area contributed by atoms with Gasteiger partial charge in [0, 0.05) is 10.2 Å². The average molecular weight is 350 g/mol. The lowest BCUT2D eigenvalue weighted by Crippen LogP contribution is -2.20. The first-order valence-corrected chi connectivity index (χ1v) is 7.30. The van der Waals surface area contributed by atoms with E-state index in [1.165, 1.54) is 0 Å². The number of benzene rings is 2. The second-order valence-electron chi connectivity index (χ2n) is 4.59. The molecule has 2 aromatic carbocycles. The van der Waals surface area contributed by atoms with Crippen molar-refractivity contribution < 1.29 is 14.6 Å². The van der Waals surface area contributed by atoms with Gasteiger partial charge in [-0.2, -0.15) is 0 Å². The zero-order valence-corrected chi connectivity index (χ0v) is 13.1. The highest BCUT2D eigenvalue weighted by Crippen LogP contribution is 2.19. The molecule has 0 radical (unpaired) electrons. The van der Waals surface area contributed by atoms with Crippen LogP contribution in [0.15, 0.2) is 53.0 Å². The van der Waals surface area contributed by atoms with Gasteiger partial charge in [0.1, 0.15) is 5.75 Å². The summed E-state index contributed by atoms with van der Waals surface area (Å²) in [6, 6.07) is 14.4. The van der Waals surface area contributed by atoms with E-state index in [0.29, 0.717) is 11.4 Å². The summed E-state index contributed by atoms with van der Waals surface area (Å²) in [6.45, 7) is 1.60. The average Bonchev–Trinajstić information content (AvgIpc) is 2.48. The van der Waals surface area contributed by atoms with Crippen molar-refractivity contribution in [3.05, 3.63) is 58.6 Å². The molecule has 0 heterocycles. The number of aliphatic hydroxyl groups is 1. The SMILES string of the molecule is CC(O)c1cccc(OCC(=O)Nc2ccc(Br)cc2)c1. The van der Waals surface area contributed by atoms with Gasteiger partial charge < -0.3 is 15.2 Å². The number of nitrogens with one attached hydrogen (secondary N) is 1. The molecule has 0 fully saturated rings. The van der Waals surface area contributed by atoms with Crippen LogP contribution in [-0.2, 0) is 4.79 Å². The predicted octanol–water partition coefficient (Wildman–Crippen LogP) is 3.52. The molecule has 0 aliphatic carbocycles. The van der Waals surface area contributed by atoms with Crippen LogP contribution >= 0.6 is 15.9 Å². The standard InChI is InChI=1S/C16H16BrNO3/c1-11(19)12-3-2-4-15(9-12)21-10-16(20)18-14-7-5-13(17)6-8-14/h2-9,11,19H,10H2,1H3,(H,18,20). The maximum atomic E-state index is 11.8. The van der Waals surface area contributed by atoms with E-state index < -0.39 is 6.10 Å². The summed E-state index contributed by atoms with van der Waals surface area (Å²) in [5, 5.41) is 12.2. The Balaban J connectivity index is 1.89. The first-order chi connectivity index (χ1) is 10.0. The van der Waals surface area contributed by atoms with Gasteiger partial charge in [0.05, 0.1) is 6.10 Å². The van der Waals surface area contributed by atoms with E-state index in [-0.39, 0.29) is 12.5 Å². The lowest BCUT2D eigenvalue weighted by molar-refractivity contribution is -0.118. The van der Waals surface area contributed by atoms with E-state index in [0.717, 1.165) is 10.0 Å². The van der Waals surface area contributed by atoms with E-state index in [9.17, 15) is 9.90 Å². The Labute approximate surface area is 131 Å². The molecule has 2 N–H and O–H groups in total. The third kappa shape index (κ3) is 4.88. The number of carbonyl (C=O) groups excluding carboxylic acids is 1. The maximum Gasteiger partial charge on any atom is 0.262 e. The van der Waals surface area contributed by atoms with Gasteiger partial charge in [-0.3, -0.25) is 4.79 Å². The van der Waals surface area contributed by atoms with Gasteiger partial charge in [-0.25, -0.2) is 0 Å². The Morgan fingerprint density at radius 1 is 1.29 bits per heavy atom. The van der Waals surface area contributed by atoms with Gasteiger partial charge in [0.25, 0.3) is 5.91 Å². The van der Waals surface area contributed by atoms with Gasteiger partial charge >= 0.3 is 0 Å². The lowest BCUT2D eigenvalue weighted by atomic mass is 10.1. The fourth-order valence-electron chi connectivity index (χ4n) is 1.74. The van der Waals surface area contributed by atoms with Crippen LogP contribution in [0.1, 0.15) is 18.6 Å². The molecule has 0 saturated carbocycles. The van der Waals surface area contributed by atoms with Crippen molar-refractivity contribution in [3.63, 3.8) is 0 Å². The molecule has 2 rings (SSSR count). The monoisotopic (exact) mass is 349 g/mol. The zero-order chi connectivity index (χ0) is 15.2. The van der Waals surface area contributed by atoms with Crippen molar-refractivity contribution in [2.24, 2.45) is 0 Å². The Hall–Kier alpha value is -1.85. The van der Waals surface area contributed by atoms with Crippen molar-refractivity contribution in [3.8, 4) is 5.75 Å². The number of aliphatic hydroxyl groups excluding tert-OH is 1. The summed E-state index contributed by atoms with van der Waals surface area (Å²) in [7, 11) is 0. The molecule has 0 aromatic heterocycles. The number of carbonyl (C=O) groups is 1. The molecular formula is C16H16BrNO3. The summed E-state index contributed by atoms with van der Waals surface area (Å²) < 4.78 is 6.37. The topological polar surface area (TPSA) is 58.6 Å². The largest absolute Gasteiger partial charge is 0.484 e. The molecule has 0 saturated heterocycles. The molecule has 0 aliphatic rings. The summed E-state index contributed by atoms with van der Waals surface area (Å²) in [5.74, 6) is 0.319. The van der Waals surface area contributed by atoms with Crippen molar-refractivity contribution >= 4 is 27.5 Å². The highest BCUT2D eigenvalue weighted by molar-refractivity contribution is 9.10. The van der Waals surface area contributed by atoms with Crippen molar-refractivity contribution in [1.29, 1.82) is 0 Å². The number of rotatable bonds is 5. The second-order valence-corrected chi connectivity index (χ2v) is 5.51. The van der Waals surface area contributed by atoms with Crippen LogP contribution in [0.25, 0.3) is 0 Å². The first kappa shape index (κ1) is 15.5. The first-order valence-electron chi connectivity index (χ1n) is 6.51. The molecule has 1 atom stereocenters. The molecule has 0 bridgehead atoms. The molecule has 1 unspecified atom stereocenters. The fourth-order valence-corrected chi connectivity index (χ4v) is 2.01. The van der Waals surface area contributed by atoms with Crippen LogP contribution < -0.4 is 10.1 Å². The molecular weight excluding hydrogens is 334 g/mol. The summed E-state index contributed by atoms with van der Waals surface area (Å²) in [6.07, 6.45) is -0.565. The maximum absolute atomic E-state index is 11.8.